The maximum absolute atomic E-state index is 11.4. The molecule has 0 aromatic heterocycles. The highest BCUT2D eigenvalue weighted by molar-refractivity contribution is 6.01. The Morgan fingerprint density at radius 1 is 1.57 bits per heavy atom. The molecule has 14 heavy (non-hydrogen) atoms. The van der Waals surface area contributed by atoms with Crippen LogP contribution in [0.3, 0.4) is 0 Å². The summed E-state index contributed by atoms with van der Waals surface area (Å²) in [4.78, 5) is 23.3. The number of hydrogen-bond acceptors (Lipinski definition) is 4. The van der Waals surface area contributed by atoms with Gasteiger partial charge in [-0.2, -0.15) is 0 Å². The molecule has 0 aromatic carbocycles. The fourth-order valence-corrected chi connectivity index (χ4v) is 0.978. The van der Waals surface area contributed by atoms with Crippen LogP contribution in [0.4, 0.5) is 4.79 Å². The predicted molar refractivity (Wildman–Crippen MR) is 48.7 cm³/mol. The van der Waals surface area contributed by atoms with Gasteiger partial charge in [0.15, 0.2) is 0 Å². The van der Waals surface area contributed by atoms with Crippen LogP contribution in [-0.2, 0) is 9.53 Å². The third-order valence-corrected chi connectivity index (χ3v) is 1.49. The zero-order chi connectivity index (χ0) is 10.9. The van der Waals surface area contributed by atoms with E-state index in [1.165, 1.54) is 0 Å². The van der Waals surface area contributed by atoms with E-state index < -0.39 is 17.6 Å². The zero-order valence-corrected chi connectivity index (χ0v) is 8.40. The average Bonchev–Trinajstić information content (AvgIpc) is 2.26. The zero-order valence-electron chi connectivity index (χ0n) is 8.40. The lowest BCUT2D eigenvalue weighted by Crippen LogP contribution is -2.38. The average molecular weight is 199 g/mol. The summed E-state index contributed by atoms with van der Waals surface area (Å²) < 4.78 is 4.96. The van der Waals surface area contributed by atoms with Gasteiger partial charge in [-0.15, -0.1) is 0 Å². The standard InChI is InChI=1S/C9H13NO4/c1-9(2,3)14-8(13)10-5-6(11)4-7(10)12/h4,11H,5H2,1-3H3. The van der Waals surface area contributed by atoms with Crippen molar-refractivity contribution < 1.29 is 19.4 Å². The number of amides is 2. The Kier molecular flexibility index (Phi) is 2.51. The van der Waals surface area contributed by atoms with Crippen LogP contribution >= 0.6 is 0 Å². The minimum atomic E-state index is -0.734. The van der Waals surface area contributed by atoms with Crippen LogP contribution in [0.1, 0.15) is 20.8 Å². The fraction of sp³-hybridized carbons (Fsp3) is 0.556. The number of aliphatic hydroxyl groups excluding tert-OH is 1. The Labute approximate surface area is 82.0 Å². The number of imide groups is 1. The van der Waals surface area contributed by atoms with Gasteiger partial charge in [0.25, 0.3) is 5.91 Å². The van der Waals surface area contributed by atoms with Gasteiger partial charge in [0.1, 0.15) is 11.4 Å². The van der Waals surface area contributed by atoms with Gasteiger partial charge >= 0.3 is 6.09 Å². The molecule has 2 amide bonds. The predicted octanol–water partition coefficient (Wildman–Crippen LogP) is 1.21. The summed E-state index contributed by atoms with van der Waals surface area (Å²) >= 11 is 0. The number of carbonyl (C=O) groups is 2. The molecule has 1 rings (SSSR count). The molecule has 1 heterocycles. The molecule has 78 valence electrons. The van der Waals surface area contributed by atoms with Crippen molar-refractivity contribution >= 4 is 12.0 Å². The normalized spacial score (nSPS) is 16.9. The Morgan fingerprint density at radius 3 is 2.50 bits per heavy atom. The van der Waals surface area contributed by atoms with Gasteiger partial charge in [-0.3, -0.25) is 4.79 Å². The molecule has 5 nitrogen and oxygen atoms in total. The van der Waals surface area contributed by atoms with Crippen LogP contribution in [0.5, 0.6) is 0 Å². The highest BCUT2D eigenvalue weighted by Crippen LogP contribution is 2.14. The topological polar surface area (TPSA) is 66.8 Å². The van der Waals surface area contributed by atoms with Crippen LogP contribution in [0.25, 0.3) is 0 Å². The monoisotopic (exact) mass is 199 g/mol. The lowest BCUT2D eigenvalue weighted by molar-refractivity contribution is -0.123. The fourth-order valence-electron chi connectivity index (χ4n) is 0.978. The van der Waals surface area contributed by atoms with Gasteiger partial charge in [-0.25, -0.2) is 9.69 Å². The van der Waals surface area contributed by atoms with Gasteiger partial charge < -0.3 is 9.84 Å². The van der Waals surface area contributed by atoms with Crippen molar-refractivity contribution in [3.63, 3.8) is 0 Å². The molecular formula is C9H13NO4. The molecule has 1 aliphatic rings. The van der Waals surface area contributed by atoms with Crippen LogP contribution < -0.4 is 0 Å². The van der Waals surface area contributed by atoms with Gasteiger partial charge in [0.2, 0.25) is 0 Å². The second-order valence-corrected chi connectivity index (χ2v) is 4.04. The minimum absolute atomic E-state index is 0.103. The van der Waals surface area contributed by atoms with E-state index in [4.69, 9.17) is 9.84 Å². The molecule has 0 bridgehead atoms. The molecule has 1 N–H and O–H groups in total. The molecule has 0 aliphatic carbocycles. The lowest BCUT2D eigenvalue weighted by Gasteiger charge is -2.23. The summed E-state index contributed by atoms with van der Waals surface area (Å²) in [5.74, 6) is -0.669. The smallest absolute Gasteiger partial charge is 0.417 e. The van der Waals surface area contributed by atoms with Crippen molar-refractivity contribution in [1.82, 2.24) is 4.90 Å². The van der Waals surface area contributed by atoms with E-state index in [1.54, 1.807) is 20.8 Å². The molecule has 0 saturated carbocycles. The second-order valence-electron chi connectivity index (χ2n) is 4.04. The maximum atomic E-state index is 11.4. The summed E-state index contributed by atoms with van der Waals surface area (Å²) in [7, 11) is 0. The molecule has 0 saturated heterocycles. The molecule has 0 unspecified atom stereocenters. The van der Waals surface area contributed by atoms with Crippen LogP contribution in [-0.4, -0.2) is 34.2 Å². The Bertz CT molecular complexity index is 300. The molecule has 5 heteroatoms. The van der Waals surface area contributed by atoms with E-state index in [-0.39, 0.29) is 12.3 Å². The highest BCUT2D eigenvalue weighted by atomic mass is 16.6. The molecule has 0 fully saturated rings. The van der Waals surface area contributed by atoms with Gasteiger partial charge in [-0.05, 0) is 20.8 Å². The van der Waals surface area contributed by atoms with Crippen molar-refractivity contribution in [2.24, 2.45) is 0 Å². The number of rotatable bonds is 0. The SMILES string of the molecule is CC(C)(C)OC(=O)N1CC(O)=CC1=O. The van der Waals surface area contributed by atoms with Crippen molar-refractivity contribution in [1.29, 1.82) is 0 Å². The van der Waals surface area contributed by atoms with E-state index in [1.807, 2.05) is 0 Å². The van der Waals surface area contributed by atoms with E-state index in [0.717, 1.165) is 11.0 Å². The number of nitrogens with zero attached hydrogens (tertiary/aromatic N) is 1. The van der Waals surface area contributed by atoms with Gasteiger partial charge in [-0.1, -0.05) is 0 Å². The summed E-state index contributed by atoms with van der Waals surface area (Å²) in [6, 6.07) is 0. The van der Waals surface area contributed by atoms with E-state index >= 15 is 0 Å². The van der Waals surface area contributed by atoms with E-state index in [9.17, 15) is 9.59 Å². The Hall–Kier alpha value is -1.52. The van der Waals surface area contributed by atoms with Gasteiger partial charge in [0, 0.05) is 6.08 Å². The highest BCUT2D eigenvalue weighted by Gasteiger charge is 2.30. The van der Waals surface area contributed by atoms with Gasteiger partial charge in [0.05, 0.1) is 6.54 Å². The minimum Gasteiger partial charge on any atom is -0.510 e. The second kappa shape index (κ2) is 3.32. The lowest BCUT2D eigenvalue weighted by atomic mass is 10.2. The van der Waals surface area contributed by atoms with E-state index in [0.29, 0.717) is 0 Å². The first kappa shape index (κ1) is 10.6. The summed E-state index contributed by atoms with van der Waals surface area (Å²) in [6.45, 7) is 5.02. The summed E-state index contributed by atoms with van der Waals surface area (Å²) in [5.41, 5.74) is -0.643. The van der Waals surface area contributed by atoms with Crippen molar-refractivity contribution in [3.05, 3.63) is 11.8 Å². The van der Waals surface area contributed by atoms with Crippen molar-refractivity contribution in [3.8, 4) is 0 Å². The Morgan fingerprint density at radius 2 is 2.14 bits per heavy atom. The molecule has 0 atom stereocenters. The number of aliphatic hydroxyl groups is 1. The Balaban J connectivity index is 2.61. The largest absolute Gasteiger partial charge is 0.510 e. The van der Waals surface area contributed by atoms with Crippen molar-refractivity contribution in [2.45, 2.75) is 26.4 Å². The summed E-state index contributed by atoms with van der Waals surface area (Å²) in [6.07, 6.45) is 0.270. The molecule has 0 radical (unpaired) electrons. The first-order chi connectivity index (χ1) is 6.29. The first-order valence-electron chi connectivity index (χ1n) is 4.23. The quantitative estimate of drug-likeness (QED) is 0.636. The van der Waals surface area contributed by atoms with Crippen molar-refractivity contribution in [2.75, 3.05) is 6.54 Å². The third kappa shape index (κ3) is 2.48. The van der Waals surface area contributed by atoms with Crippen LogP contribution in [0.2, 0.25) is 0 Å². The van der Waals surface area contributed by atoms with Crippen LogP contribution in [0.15, 0.2) is 11.8 Å². The van der Waals surface area contributed by atoms with Crippen LogP contribution in [0, 0.1) is 0 Å². The number of hydrogen-bond donors (Lipinski definition) is 1. The molecule has 0 aromatic rings. The number of carbonyl (C=O) groups excluding carboxylic acids is 2. The summed E-state index contributed by atoms with van der Waals surface area (Å²) in [5, 5.41) is 9.01. The molecule has 0 spiro atoms. The molecule has 1 aliphatic heterocycles. The number of ether oxygens (including phenoxy) is 1. The maximum Gasteiger partial charge on any atom is 0.417 e. The van der Waals surface area contributed by atoms with E-state index in [2.05, 4.69) is 0 Å². The first-order valence-corrected chi connectivity index (χ1v) is 4.23. The third-order valence-electron chi connectivity index (χ3n) is 1.49. The molecular weight excluding hydrogens is 186 g/mol.